The molecule has 0 fully saturated rings. The van der Waals surface area contributed by atoms with Crippen LogP contribution in [0.5, 0.6) is 5.75 Å². The molecule has 2 aromatic heterocycles. The molecule has 1 aromatic carbocycles. The first-order valence-electron chi connectivity index (χ1n) is 6.05. The molecule has 5 heteroatoms. The molecule has 0 saturated heterocycles. The number of nitrogens with zero attached hydrogens (tertiary/aromatic N) is 3. The summed E-state index contributed by atoms with van der Waals surface area (Å²) in [6.07, 6.45) is 1.74. The quantitative estimate of drug-likeness (QED) is 0.721. The minimum Gasteiger partial charge on any atom is -0.508 e. The molecule has 19 heavy (non-hydrogen) atoms. The van der Waals surface area contributed by atoms with Gasteiger partial charge < -0.3 is 9.84 Å². The highest BCUT2D eigenvalue weighted by Gasteiger charge is 2.21. The van der Waals surface area contributed by atoms with Crippen molar-refractivity contribution in [1.29, 1.82) is 0 Å². The fourth-order valence-electron chi connectivity index (χ4n) is 2.46. The van der Waals surface area contributed by atoms with Gasteiger partial charge in [0.05, 0.1) is 30.8 Å². The van der Waals surface area contributed by atoms with Crippen LogP contribution in [0.25, 0.3) is 16.9 Å². The zero-order chi connectivity index (χ0) is 12.8. The lowest BCUT2D eigenvalue weighted by atomic mass is 10.1. The maximum atomic E-state index is 9.41. The lowest BCUT2D eigenvalue weighted by molar-refractivity contribution is 0.133. The molecule has 5 nitrogen and oxygen atoms in total. The van der Waals surface area contributed by atoms with E-state index in [0.717, 1.165) is 28.2 Å². The highest BCUT2D eigenvalue weighted by Crippen LogP contribution is 2.31. The Balaban J connectivity index is 2.07. The predicted molar refractivity (Wildman–Crippen MR) is 68.6 cm³/mol. The monoisotopic (exact) mass is 253 g/mol. The molecule has 3 aromatic rings. The van der Waals surface area contributed by atoms with Gasteiger partial charge in [-0.25, -0.2) is 9.50 Å². The summed E-state index contributed by atoms with van der Waals surface area (Å²) in [5.74, 6) is 0.252. The number of fused-ring (bicyclic) bond motifs is 2. The molecule has 0 atom stereocenters. The van der Waals surface area contributed by atoms with Crippen LogP contribution in [0.15, 0.2) is 36.5 Å². The summed E-state index contributed by atoms with van der Waals surface area (Å²) in [4.78, 5) is 4.55. The second-order valence-corrected chi connectivity index (χ2v) is 4.53. The van der Waals surface area contributed by atoms with Crippen molar-refractivity contribution in [2.45, 2.75) is 13.2 Å². The summed E-state index contributed by atoms with van der Waals surface area (Å²) in [5.41, 5.74) is 4.84. The van der Waals surface area contributed by atoms with Gasteiger partial charge in [-0.1, -0.05) is 0 Å². The number of aromatic nitrogens is 3. The van der Waals surface area contributed by atoms with E-state index < -0.39 is 0 Å². The van der Waals surface area contributed by atoms with Gasteiger partial charge in [0.1, 0.15) is 5.75 Å². The molecular formula is C14H11N3O2. The molecule has 1 aliphatic heterocycles. The molecule has 0 amide bonds. The standard InChI is InChI=1S/C14H11N3O2/c18-10-3-1-9(2-4-10)14-11-7-19-8-12(11)16-13-5-6-15-17(13)14/h1-6,18H,7-8H2. The van der Waals surface area contributed by atoms with Crippen LogP contribution in [0.3, 0.4) is 0 Å². The minimum atomic E-state index is 0.252. The maximum absolute atomic E-state index is 9.41. The molecule has 0 saturated carbocycles. The minimum absolute atomic E-state index is 0.252. The molecule has 3 heterocycles. The molecule has 1 aliphatic rings. The van der Waals surface area contributed by atoms with Crippen LogP contribution >= 0.6 is 0 Å². The molecule has 0 unspecified atom stereocenters. The maximum Gasteiger partial charge on any atom is 0.156 e. The number of ether oxygens (including phenoxy) is 1. The van der Waals surface area contributed by atoms with Gasteiger partial charge in [-0.15, -0.1) is 0 Å². The van der Waals surface area contributed by atoms with Crippen molar-refractivity contribution in [2.75, 3.05) is 0 Å². The fraction of sp³-hybridized carbons (Fsp3) is 0.143. The van der Waals surface area contributed by atoms with E-state index in [1.165, 1.54) is 0 Å². The van der Waals surface area contributed by atoms with Crippen LogP contribution in [0.1, 0.15) is 11.3 Å². The highest BCUT2D eigenvalue weighted by molar-refractivity contribution is 5.68. The van der Waals surface area contributed by atoms with E-state index in [9.17, 15) is 5.11 Å². The third-order valence-corrected chi connectivity index (χ3v) is 3.34. The first-order chi connectivity index (χ1) is 9.33. The lowest BCUT2D eigenvalue weighted by Crippen LogP contribution is -2.02. The van der Waals surface area contributed by atoms with Crippen LogP contribution in [-0.2, 0) is 18.0 Å². The zero-order valence-corrected chi connectivity index (χ0v) is 10.1. The number of aromatic hydroxyl groups is 1. The Morgan fingerprint density at radius 3 is 2.79 bits per heavy atom. The molecule has 4 rings (SSSR count). The number of rotatable bonds is 1. The smallest absolute Gasteiger partial charge is 0.156 e. The number of hydrogen-bond acceptors (Lipinski definition) is 4. The first kappa shape index (κ1) is 10.5. The van der Waals surface area contributed by atoms with Gasteiger partial charge in [-0.05, 0) is 24.3 Å². The van der Waals surface area contributed by atoms with Gasteiger partial charge in [-0.3, -0.25) is 0 Å². The van der Waals surface area contributed by atoms with E-state index in [1.54, 1.807) is 18.3 Å². The second kappa shape index (κ2) is 3.80. The third kappa shape index (κ3) is 1.52. The van der Waals surface area contributed by atoms with Crippen molar-refractivity contribution in [3.05, 3.63) is 47.8 Å². The average Bonchev–Trinajstić information content (AvgIpc) is 3.05. The summed E-state index contributed by atoms with van der Waals surface area (Å²) >= 11 is 0. The molecular weight excluding hydrogens is 242 g/mol. The fourth-order valence-corrected chi connectivity index (χ4v) is 2.46. The van der Waals surface area contributed by atoms with Crippen molar-refractivity contribution in [3.8, 4) is 17.0 Å². The molecule has 94 valence electrons. The molecule has 0 aliphatic carbocycles. The summed E-state index contributed by atoms with van der Waals surface area (Å²) < 4.78 is 7.31. The van der Waals surface area contributed by atoms with E-state index in [-0.39, 0.29) is 5.75 Å². The molecule has 0 bridgehead atoms. The van der Waals surface area contributed by atoms with Crippen LogP contribution in [0, 0.1) is 0 Å². The first-order valence-corrected chi connectivity index (χ1v) is 6.05. The van der Waals surface area contributed by atoms with E-state index in [2.05, 4.69) is 10.1 Å². The van der Waals surface area contributed by atoms with Crippen molar-refractivity contribution < 1.29 is 9.84 Å². The summed E-state index contributed by atoms with van der Waals surface area (Å²) in [6, 6.07) is 8.98. The van der Waals surface area contributed by atoms with Gasteiger partial charge in [0, 0.05) is 17.2 Å². The van der Waals surface area contributed by atoms with Gasteiger partial charge in [0.15, 0.2) is 5.65 Å². The topological polar surface area (TPSA) is 59.7 Å². The van der Waals surface area contributed by atoms with Crippen LogP contribution in [0.4, 0.5) is 0 Å². The van der Waals surface area contributed by atoms with Crippen molar-refractivity contribution in [3.63, 3.8) is 0 Å². The Hall–Kier alpha value is -2.40. The van der Waals surface area contributed by atoms with E-state index >= 15 is 0 Å². The van der Waals surface area contributed by atoms with Crippen molar-refractivity contribution in [1.82, 2.24) is 14.6 Å². The summed E-state index contributed by atoms with van der Waals surface area (Å²) in [6.45, 7) is 1.09. The summed E-state index contributed by atoms with van der Waals surface area (Å²) in [5, 5.41) is 13.7. The summed E-state index contributed by atoms with van der Waals surface area (Å²) in [7, 11) is 0. The highest BCUT2D eigenvalue weighted by atomic mass is 16.5. The molecule has 0 radical (unpaired) electrons. The van der Waals surface area contributed by atoms with Crippen LogP contribution in [-0.4, -0.2) is 19.7 Å². The van der Waals surface area contributed by atoms with Gasteiger partial charge >= 0.3 is 0 Å². The van der Waals surface area contributed by atoms with Crippen LogP contribution in [0.2, 0.25) is 0 Å². The SMILES string of the molecule is Oc1ccc(-c2c3c(nc4ccnn24)COC3)cc1. The third-order valence-electron chi connectivity index (χ3n) is 3.34. The number of hydrogen-bond donors (Lipinski definition) is 1. The number of phenols is 1. The average molecular weight is 253 g/mol. The van der Waals surface area contributed by atoms with Crippen molar-refractivity contribution in [2.24, 2.45) is 0 Å². The zero-order valence-electron chi connectivity index (χ0n) is 10.1. The Morgan fingerprint density at radius 2 is 1.95 bits per heavy atom. The van der Waals surface area contributed by atoms with Crippen molar-refractivity contribution >= 4 is 5.65 Å². The Kier molecular flexibility index (Phi) is 2.10. The Morgan fingerprint density at radius 1 is 1.11 bits per heavy atom. The number of phenolic OH excluding ortho intramolecular Hbond substituents is 1. The largest absolute Gasteiger partial charge is 0.508 e. The van der Waals surface area contributed by atoms with E-state index in [1.807, 2.05) is 22.7 Å². The second-order valence-electron chi connectivity index (χ2n) is 4.53. The molecule has 0 spiro atoms. The van der Waals surface area contributed by atoms with E-state index in [0.29, 0.717) is 13.2 Å². The van der Waals surface area contributed by atoms with Gasteiger partial charge in [0.25, 0.3) is 0 Å². The van der Waals surface area contributed by atoms with E-state index in [4.69, 9.17) is 4.74 Å². The normalized spacial score (nSPS) is 13.9. The predicted octanol–water partition coefficient (Wildman–Crippen LogP) is 2.13. The Labute approximate surface area is 109 Å². The van der Waals surface area contributed by atoms with Crippen LogP contribution < -0.4 is 0 Å². The van der Waals surface area contributed by atoms with Gasteiger partial charge in [-0.2, -0.15) is 5.10 Å². The lowest BCUT2D eigenvalue weighted by Gasteiger charge is -2.10. The van der Waals surface area contributed by atoms with Gasteiger partial charge in [0.2, 0.25) is 0 Å². The number of benzene rings is 1. The Bertz CT molecular complexity index is 762. The molecule has 1 N–H and O–H groups in total.